The normalized spacial score (nSPS) is 9.50. The van der Waals surface area contributed by atoms with E-state index in [1.54, 1.807) is 7.11 Å². The molecule has 0 heterocycles. The van der Waals surface area contributed by atoms with Gasteiger partial charge in [0.25, 0.3) is 0 Å². The van der Waals surface area contributed by atoms with Gasteiger partial charge in [-0.25, -0.2) is 0 Å². The van der Waals surface area contributed by atoms with E-state index in [2.05, 4.69) is 18.6 Å². The highest BCUT2D eigenvalue weighted by atomic mass is 16.5. The standard InChI is InChI=1S/C10H13NO/c1-4-8-7-9(12-3)5-6-10(8)11-2/h5-7H,2,4H2,1,3H3. The SMILES string of the molecule is C=Nc1ccc(OC)cc1CC. The van der Waals surface area contributed by atoms with Crippen LogP contribution in [0.3, 0.4) is 0 Å². The third kappa shape index (κ3) is 1.64. The first-order chi connectivity index (χ1) is 5.81. The van der Waals surface area contributed by atoms with Crippen LogP contribution in [0.2, 0.25) is 0 Å². The molecule has 0 saturated heterocycles. The summed E-state index contributed by atoms with van der Waals surface area (Å²) < 4.78 is 5.09. The van der Waals surface area contributed by atoms with Crippen molar-refractivity contribution in [3.8, 4) is 5.75 Å². The van der Waals surface area contributed by atoms with Gasteiger partial charge in [0.05, 0.1) is 12.8 Å². The number of aliphatic imine (C=N–C) groups is 1. The van der Waals surface area contributed by atoms with Crippen LogP contribution >= 0.6 is 0 Å². The monoisotopic (exact) mass is 163 g/mol. The second kappa shape index (κ2) is 3.90. The lowest BCUT2D eigenvalue weighted by molar-refractivity contribution is 0.414. The zero-order valence-corrected chi connectivity index (χ0v) is 7.50. The summed E-state index contributed by atoms with van der Waals surface area (Å²) in [5, 5.41) is 0. The second-order valence-electron chi connectivity index (χ2n) is 2.51. The first-order valence-corrected chi connectivity index (χ1v) is 3.95. The Balaban J connectivity index is 3.10. The average Bonchev–Trinajstić information content (AvgIpc) is 2.16. The molecule has 12 heavy (non-hydrogen) atoms. The van der Waals surface area contributed by atoms with E-state index in [0.717, 1.165) is 17.9 Å². The zero-order chi connectivity index (χ0) is 8.97. The molecule has 1 aromatic carbocycles. The lowest BCUT2D eigenvalue weighted by Gasteiger charge is -2.04. The van der Waals surface area contributed by atoms with E-state index >= 15 is 0 Å². The summed E-state index contributed by atoms with van der Waals surface area (Å²) >= 11 is 0. The van der Waals surface area contributed by atoms with Gasteiger partial charge in [-0.3, -0.25) is 4.99 Å². The van der Waals surface area contributed by atoms with Crippen molar-refractivity contribution in [2.75, 3.05) is 7.11 Å². The van der Waals surface area contributed by atoms with Gasteiger partial charge in [-0.2, -0.15) is 0 Å². The molecule has 0 atom stereocenters. The number of ether oxygens (including phenoxy) is 1. The van der Waals surface area contributed by atoms with Crippen molar-refractivity contribution in [1.82, 2.24) is 0 Å². The van der Waals surface area contributed by atoms with E-state index in [4.69, 9.17) is 4.74 Å². The molecule has 0 aliphatic carbocycles. The Morgan fingerprint density at radius 2 is 2.25 bits per heavy atom. The molecule has 0 bridgehead atoms. The van der Waals surface area contributed by atoms with Crippen LogP contribution in [0.4, 0.5) is 5.69 Å². The highest BCUT2D eigenvalue weighted by Gasteiger charge is 1.99. The maximum Gasteiger partial charge on any atom is 0.119 e. The fourth-order valence-electron chi connectivity index (χ4n) is 1.13. The van der Waals surface area contributed by atoms with Crippen LogP contribution in [0.5, 0.6) is 5.75 Å². The van der Waals surface area contributed by atoms with Crippen molar-refractivity contribution in [2.45, 2.75) is 13.3 Å². The van der Waals surface area contributed by atoms with Crippen LogP contribution in [0, 0.1) is 0 Å². The van der Waals surface area contributed by atoms with Crippen molar-refractivity contribution in [1.29, 1.82) is 0 Å². The molecule has 2 nitrogen and oxygen atoms in total. The van der Waals surface area contributed by atoms with Gasteiger partial charge < -0.3 is 4.74 Å². The van der Waals surface area contributed by atoms with Gasteiger partial charge in [-0.05, 0) is 36.9 Å². The lowest BCUT2D eigenvalue weighted by atomic mass is 10.1. The Labute approximate surface area is 72.9 Å². The molecule has 2 heteroatoms. The van der Waals surface area contributed by atoms with E-state index in [-0.39, 0.29) is 0 Å². The van der Waals surface area contributed by atoms with E-state index in [1.165, 1.54) is 5.56 Å². The van der Waals surface area contributed by atoms with Gasteiger partial charge in [0.1, 0.15) is 5.75 Å². The van der Waals surface area contributed by atoms with E-state index in [1.807, 2.05) is 18.2 Å². The smallest absolute Gasteiger partial charge is 0.119 e. The Morgan fingerprint density at radius 1 is 1.50 bits per heavy atom. The minimum Gasteiger partial charge on any atom is -0.497 e. The number of nitrogens with zero attached hydrogens (tertiary/aromatic N) is 1. The number of aryl methyl sites for hydroxylation is 1. The van der Waals surface area contributed by atoms with Crippen molar-refractivity contribution in [2.24, 2.45) is 4.99 Å². The van der Waals surface area contributed by atoms with E-state index < -0.39 is 0 Å². The van der Waals surface area contributed by atoms with E-state index in [0.29, 0.717) is 0 Å². The predicted molar refractivity (Wildman–Crippen MR) is 51.6 cm³/mol. The molecule has 0 unspecified atom stereocenters. The molecular weight excluding hydrogens is 150 g/mol. The number of hydrogen-bond acceptors (Lipinski definition) is 2. The maximum absolute atomic E-state index is 5.09. The van der Waals surface area contributed by atoms with Gasteiger partial charge >= 0.3 is 0 Å². The summed E-state index contributed by atoms with van der Waals surface area (Å²) in [4.78, 5) is 3.91. The summed E-state index contributed by atoms with van der Waals surface area (Å²) in [6, 6.07) is 5.80. The van der Waals surface area contributed by atoms with Crippen molar-refractivity contribution in [3.05, 3.63) is 23.8 Å². The Morgan fingerprint density at radius 3 is 2.75 bits per heavy atom. The predicted octanol–water partition coefficient (Wildman–Crippen LogP) is 2.59. The number of benzene rings is 1. The quantitative estimate of drug-likeness (QED) is 0.627. The number of hydrogen-bond donors (Lipinski definition) is 0. The van der Waals surface area contributed by atoms with Gasteiger partial charge in [-0.15, -0.1) is 0 Å². The van der Waals surface area contributed by atoms with Gasteiger partial charge in [0.15, 0.2) is 0 Å². The Bertz CT molecular complexity index is 281. The minimum absolute atomic E-state index is 0.874. The fourth-order valence-corrected chi connectivity index (χ4v) is 1.13. The van der Waals surface area contributed by atoms with Crippen LogP contribution in [0.15, 0.2) is 23.2 Å². The van der Waals surface area contributed by atoms with Crippen LogP contribution < -0.4 is 4.74 Å². The van der Waals surface area contributed by atoms with Crippen LogP contribution in [-0.2, 0) is 6.42 Å². The molecule has 0 spiro atoms. The third-order valence-electron chi connectivity index (χ3n) is 1.84. The fraction of sp³-hybridized carbons (Fsp3) is 0.300. The molecule has 0 aliphatic heterocycles. The lowest BCUT2D eigenvalue weighted by Crippen LogP contribution is -1.86. The highest BCUT2D eigenvalue weighted by molar-refractivity contribution is 5.54. The van der Waals surface area contributed by atoms with Crippen LogP contribution in [-0.4, -0.2) is 13.8 Å². The summed E-state index contributed by atoms with van der Waals surface area (Å²) in [6.45, 7) is 5.59. The summed E-state index contributed by atoms with van der Waals surface area (Å²) in [7, 11) is 1.66. The molecule has 0 N–H and O–H groups in total. The zero-order valence-electron chi connectivity index (χ0n) is 7.50. The highest BCUT2D eigenvalue weighted by Crippen LogP contribution is 2.24. The van der Waals surface area contributed by atoms with Crippen molar-refractivity contribution in [3.63, 3.8) is 0 Å². The van der Waals surface area contributed by atoms with Gasteiger partial charge in [-0.1, -0.05) is 6.92 Å². The maximum atomic E-state index is 5.09. The molecule has 1 rings (SSSR count). The van der Waals surface area contributed by atoms with Gasteiger partial charge in [0, 0.05) is 0 Å². The Kier molecular flexibility index (Phi) is 2.86. The first-order valence-electron chi connectivity index (χ1n) is 3.95. The molecule has 0 saturated carbocycles. The molecule has 0 fully saturated rings. The van der Waals surface area contributed by atoms with Crippen molar-refractivity contribution >= 4 is 12.4 Å². The summed E-state index contributed by atoms with van der Waals surface area (Å²) in [6.07, 6.45) is 0.950. The summed E-state index contributed by atoms with van der Waals surface area (Å²) in [5.41, 5.74) is 2.11. The number of rotatable bonds is 3. The van der Waals surface area contributed by atoms with Crippen molar-refractivity contribution < 1.29 is 4.74 Å². The second-order valence-corrected chi connectivity index (χ2v) is 2.51. The topological polar surface area (TPSA) is 21.6 Å². The first kappa shape index (κ1) is 8.78. The number of methoxy groups -OCH3 is 1. The molecular formula is C10H13NO. The molecule has 0 radical (unpaired) electrons. The average molecular weight is 163 g/mol. The van der Waals surface area contributed by atoms with Gasteiger partial charge in [0.2, 0.25) is 0 Å². The molecule has 1 aromatic rings. The van der Waals surface area contributed by atoms with Crippen LogP contribution in [0.1, 0.15) is 12.5 Å². The molecule has 0 amide bonds. The van der Waals surface area contributed by atoms with E-state index in [9.17, 15) is 0 Å². The molecule has 64 valence electrons. The van der Waals surface area contributed by atoms with Crippen LogP contribution in [0.25, 0.3) is 0 Å². The summed E-state index contributed by atoms with van der Waals surface area (Å²) in [5.74, 6) is 0.874. The minimum atomic E-state index is 0.874. The molecule has 0 aromatic heterocycles. The molecule has 0 aliphatic rings. The third-order valence-corrected chi connectivity index (χ3v) is 1.84. The Hall–Kier alpha value is -1.31. The largest absolute Gasteiger partial charge is 0.497 e.